The number of halogens is 5. The molecular weight excluding hydrogens is 273 g/mol. The van der Waals surface area contributed by atoms with E-state index in [1.165, 1.54) is 19.2 Å². The van der Waals surface area contributed by atoms with Gasteiger partial charge in [-0.05, 0) is 18.2 Å². The summed E-state index contributed by atoms with van der Waals surface area (Å²) < 4.78 is 72.8. The van der Waals surface area contributed by atoms with Crippen molar-refractivity contribution in [1.29, 1.82) is 0 Å². The van der Waals surface area contributed by atoms with E-state index in [2.05, 4.69) is 0 Å². The molecular formula is C11H12F5NO2. The molecule has 0 bridgehead atoms. The highest BCUT2D eigenvalue weighted by molar-refractivity contribution is 5.43. The lowest BCUT2D eigenvalue weighted by atomic mass is 9.99. The third-order valence-corrected chi connectivity index (χ3v) is 2.54. The van der Waals surface area contributed by atoms with E-state index in [4.69, 9.17) is 15.2 Å². The van der Waals surface area contributed by atoms with Crippen molar-refractivity contribution in [2.45, 2.75) is 18.1 Å². The molecule has 0 fully saturated rings. The van der Waals surface area contributed by atoms with Gasteiger partial charge >= 0.3 is 12.1 Å². The molecule has 0 radical (unpaired) electrons. The number of rotatable bonds is 4. The molecule has 0 heterocycles. The van der Waals surface area contributed by atoms with E-state index >= 15 is 0 Å². The van der Waals surface area contributed by atoms with Gasteiger partial charge in [-0.15, -0.1) is 0 Å². The molecule has 0 aromatic heterocycles. The van der Waals surface area contributed by atoms with Crippen LogP contribution in [0.25, 0.3) is 0 Å². The van der Waals surface area contributed by atoms with Crippen LogP contribution in [-0.4, -0.2) is 26.3 Å². The van der Waals surface area contributed by atoms with E-state index in [0.29, 0.717) is 0 Å². The molecule has 0 aliphatic rings. The maximum atomic E-state index is 13.2. The van der Waals surface area contributed by atoms with Crippen molar-refractivity contribution in [2.24, 2.45) is 5.73 Å². The highest BCUT2D eigenvalue weighted by atomic mass is 19.4. The SMILES string of the molecule is COc1ccc(OC)c(C(N)C(F)(F)C(F)(F)F)c1. The second kappa shape index (κ2) is 5.20. The summed E-state index contributed by atoms with van der Waals surface area (Å²) in [4.78, 5) is 0. The monoisotopic (exact) mass is 285 g/mol. The number of ether oxygens (including phenoxy) is 2. The van der Waals surface area contributed by atoms with E-state index in [-0.39, 0.29) is 11.5 Å². The second-order valence-corrected chi connectivity index (χ2v) is 3.71. The van der Waals surface area contributed by atoms with E-state index in [1.807, 2.05) is 0 Å². The van der Waals surface area contributed by atoms with Crippen LogP contribution in [0.1, 0.15) is 11.6 Å². The smallest absolute Gasteiger partial charge is 0.455 e. The lowest BCUT2D eigenvalue weighted by Crippen LogP contribution is -2.45. The van der Waals surface area contributed by atoms with Gasteiger partial charge in [-0.2, -0.15) is 22.0 Å². The fraction of sp³-hybridized carbons (Fsp3) is 0.455. The fourth-order valence-electron chi connectivity index (χ4n) is 1.45. The first-order valence-corrected chi connectivity index (χ1v) is 5.07. The zero-order valence-corrected chi connectivity index (χ0v) is 10.1. The van der Waals surface area contributed by atoms with Gasteiger partial charge in [0.2, 0.25) is 0 Å². The first kappa shape index (κ1) is 15.5. The van der Waals surface area contributed by atoms with E-state index in [1.54, 1.807) is 0 Å². The van der Waals surface area contributed by atoms with Crippen LogP contribution in [0, 0.1) is 0 Å². The van der Waals surface area contributed by atoms with Gasteiger partial charge in [0, 0.05) is 5.56 Å². The van der Waals surface area contributed by atoms with E-state index in [0.717, 1.165) is 13.2 Å². The molecule has 0 saturated heterocycles. The molecule has 0 amide bonds. The average Bonchev–Trinajstić information content (AvgIpc) is 2.35. The Labute approximate surface area is 106 Å². The van der Waals surface area contributed by atoms with Crippen LogP contribution < -0.4 is 15.2 Å². The van der Waals surface area contributed by atoms with Crippen LogP contribution in [0.3, 0.4) is 0 Å². The molecule has 0 spiro atoms. The molecule has 1 rings (SSSR count). The van der Waals surface area contributed by atoms with Gasteiger partial charge in [0.15, 0.2) is 0 Å². The predicted octanol–water partition coefficient (Wildman–Crippen LogP) is 2.90. The van der Waals surface area contributed by atoms with Crippen LogP contribution in [0.15, 0.2) is 18.2 Å². The first-order valence-electron chi connectivity index (χ1n) is 5.07. The van der Waals surface area contributed by atoms with E-state index in [9.17, 15) is 22.0 Å². The zero-order chi connectivity index (χ0) is 14.8. The van der Waals surface area contributed by atoms with Crippen LogP contribution in [0.5, 0.6) is 11.5 Å². The minimum atomic E-state index is -5.75. The van der Waals surface area contributed by atoms with Crippen molar-refractivity contribution in [3.05, 3.63) is 23.8 Å². The minimum absolute atomic E-state index is 0.101. The third kappa shape index (κ3) is 2.89. The summed E-state index contributed by atoms with van der Waals surface area (Å²) in [6.07, 6.45) is -5.75. The average molecular weight is 285 g/mol. The quantitative estimate of drug-likeness (QED) is 0.865. The van der Waals surface area contributed by atoms with Gasteiger partial charge in [-0.1, -0.05) is 0 Å². The van der Waals surface area contributed by atoms with Gasteiger partial charge in [0.05, 0.1) is 14.2 Å². The number of nitrogens with two attached hydrogens (primary N) is 1. The number of hydrogen-bond acceptors (Lipinski definition) is 3. The molecule has 108 valence electrons. The lowest BCUT2D eigenvalue weighted by Gasteiger charge is -2.27. The van der Waals surface area contributed by atoms with Crippen molar-refractivity contribution in [3.63, 3.8) is 0 Å². The lowest BCUT2D eigenvalue weighted by molar-refractivity contribution is -0.291. The Morgan fingerprint density at radius 3 is 2.05 bits per heavy atom. The summed E-state index contributed by atoms with van der Waals surface area (Å²) in [6, 6.07) is 0.974. The van der Waals surface area contributed by atoms with Gasteiger partial charge in [-0.25, -0.2) is 0 Å². The molecule has 19 heavy (non-hydrogen) atoms. The normalized spacial score (nSPS) is 14.1. The van der Waals surface area contributed by atoms with Gasteiger partial charge in [-0.3, -0.25) is 0 Å². The Morgan fingerprint density at radius 1 is 1.05 bits per heavy atom. The zero-order valence-electron chi connectivity index (χ0n) is 10.1. The molecule has 1 aromatic carbocycles. The van der Waals surface area contributed by atoms with Crippen LogP contribution in [0.4, 0.5) is 22.0 Å². The van der Waals surface area contributed by atoms with Crippen LogP contribution in [-0.2, 0) is 0 Å². The molecule has 2 N–H and O–H groups in total. The largest absolute Gasteiger partial charge is 0.497 e. The molecule has 1 unspecified atom stereocenters. The summed E-state index contributed by atoms with van der Waals surface area (Å²) in [6.45, 7) is 0. The summed E-state index contributed by atoms with van der Waals surface area (Å²) in [5.74, 6) is -5.14. The Bertz CT molecular complexity index is 447. The molecule has 0 aliphatic heterocycles. The molecule has 8 heteroatoms. The Morgan fingerprint density at radius 2 is 1.63 bits per heavy atom. The minimum Gasteiger partial charge on any atom is -0.497 e. The Kier molecular flexibility index (Phi) is 4.24. The summed E-state index contributed by atoms with van der Waals surface area (Å²) in [7, 11) is 2.39. The molecule has 1 atom stereocenters. The van der Waals surface area contributed by atoms with E-state index < -0.39 is 23.7 Å². The second-order valence-electron chi connectivity index (χ2n) is 3.71. The van der Waals surface area contributed by atoms with Gasteiger partial charge in [0.25, 0.3) is 0 Å². The van der Waals surface area contributed by atoms with Crippen LogP contribution >= 0.6 is 0 Å². The predicted molar refractivity (Wildman–Crippen MR) is 57.5 cm³/mol. The molecule has 1 aromatic rings. The summed E-state index contributed by atoms with van der Waals surface area (Å²) >= 11 is 0. The molecule has 0 saturated carbocycles. The molecule has 3 nitrogen and oxygen atoms in total. The summed E-state index contributed by atoms with van der Waals surface area (Å²) in [5.41, 5.74) is 4.57. The van der Waals surface area contributed by atoms with Crippen molar-refractivity contribution >= 4 is 0 Å². The maximum absolute atomic E-state index is 13.2. The van der Waals surface area contributed by atoms with Crippen molar-refractivity contribution in [2.75, 3.05) is 14.2 Å². The maximum Gasteiger partial charge on any atom is 0.455 e. The number of alkyl halides is 5. The van der Waals surface area contributed by atoms with Gasteiger partial charge in [0.1, 0.15) is 17.5 Å². The van der Waals surface area contributed by atoms with Crippen molar-refractivity contribution < 1.29 is 31.4 Å². The standard InChI is InChI=1S/C11H12F5NO2/c1-18-6-3-4-8(19-2)7(5-6)9(17)10(12,13)11(14,15)16/h3-5,9H,17H2,1-2H3. The number of methoxy groups -OCH3 is 2. The highest BCUT2D eigenvalue weighted by Gasteiger charge is 2.62. The van der Waals surface area contributed by atoms with Crippen molar-refractivity contribution in [3.8, 4) is 11.5 Å². The Balaban J connectivity index is 3.28. The fourth-order valence-corrected chi connectivity index (χ4v) is 1.45. The number of hydrogen-bond donors (Lipinski definition) is 1. The summed E-state index contributed by atoms with van der Waals surface area (Å²) in [5, 5.41) is 0. The topological polar surface area (TPSA) is 44.5 Å². The Hall–Kier alpha value is -1.57. The van der Waals surface area contributed by atoms with Crippen LogP contribution in [0.2, 0.25) is 0 Å². The van der Waals surface area contributed by atoms with Crippen molar-refractivity contribution in [1.82, 2.24) is 0 Å². The third-order valence-electron chi connectivity index (χ3n) is 2.54. The number of benzene rings is 1. The molecule has 0 aliphatic carbocycles. The van der Waals surface area contributed by atoms with Gasteiger partial charge < -0.3 is 15.2 Å². The highest BCUT2D eigenvalue weighted by Crippen LogP contribution is 2.45. The first-order chi connectivity index (χ1) is 8.65.